The predicted molar refractivity (Wildman–Crippen MR) is 45.3 cm³/mol. The molecule has 0 saturated heterocycles. The van der Waals surface area contributed by atoms with E-state index in [-0.39, 0.29) is 11.8 Å². The van der Waals surface area contributed by atoms with E-state index in [1.54, 1.807) is 0 Å². The molecule has 1 rings (SSSR count). The Labute approximate surface area is 72.4 Å². The topological polar surface area (TPSA) is 29.1 Å². The number of hydrogen-bond acceptors (Lipinski definition) is 2. The summed E-state index contributed by atoms with van der Waals surface area (Å²) in [4.78, 5) is 14.0. The molecule has 2 nitrogen and oxygen atoms in total. The second-order valence-electron chi connectivity index (χ2n) is 3.51. The number of rotatable bonds is 4. The van der Waals surface area contributed by atoms with Crippen molar-refractivity contribution in [3.8, 4) is 0 Å². The van der Waals surface area contributed by atoms with Crippen LogP contribution in [0.3, 0.4) is 0 Å². The van der Waals surface area contributed by atoms with Crippen molar-refractivity contribution in [3.63, 3.8) is 0 Å². The Balaban J connectivity index is 2.45. The molecule has 0 amide bonds. The van der Waals surface area contributed by atoms with E-state index in [4.69, 9.17) is 11.8 Å². The van der Waals surface area contributed by atoms with Gasteiger partial charge in [-0.15, -0.1) is 0 Å². The van der Waals surface area contributed by atoms with E-state index in [1.165, 1.54) is 0 Å². The molecule has 1 aliphatic carbocycles. The van der Waals surface area contributed by atoms with Gasteiger partial charge in [-0.1, -0.05) is 13.8 Å². The van der Waals surface area contributed by atoms with Crippen molar-refractivity contribution in [3.05, 3.63) is 0 Å². The van der Waals surface area contributed by atoms with Crippen LogP contribution in [0.4, 0.5) is 0 Å². The zero-order valence-corrected chi connectivity index (χ0v) is 7.69. The van der Waals surface area contributed by atoms with Crippen LogP contribution in [0, 0.1) is 11.8 Å². The highest BCUT2D eigenvalue weighted by Crippen LogP contribution is 2.32. The summed E-state index contributed by atoms with van der Waals surface area (Å²) in [7, 11) is 0. The number of carbonyl (C=O) groups excluding carboxylic acids is 1. The van der Waals surface area contributed by atoms with Crippen molar-refractivity contribution in [2.45, 2.75) is 32.7 Å². The van der Waals surface area contributed by atoms with Crippen molar-refractivity contribution < 1.29 is 4.79 Å². The summed E-state index contributed by atoms with van der Waals surface area (Å²) >= 11 is 5.46. The maximum atomic E-state index is 11.4. The molecule has 0 aliphatic heterocycles. The molecule has 11 heavy (non-hydrogen) atoms. The number of ketones is 1. The second-order valence-corrected chi connectivity index (χ2v) is 3.73. The lowest BCUT2D eigenvalue weighted by atomic mass is 9.98. The third-order valence-corrected chi connectivity index (χ3v) is 2.31. The van der Waals surface area contributed by atoms with E-state index in [1.807, 2.05) is 13.8 Å². The molecule has 3 heteroatoms. The smallest absolute Gasteiger partial charge is 0.154 e. The summed E-state index contributed by atoms with van der Waals surface area (Å²) in [5.41, 5.74) is 0. The largest absolute Gasteiger partial charge is 0.298 e. The Morgan fingerprint density at radius 3 is 2.36 bits per heavy atom. The van der Waals surface area contributed by atoms with Gasteiger partial charge in [0.25, 0.3) is 0 Å². The lowest BCUT2D eigenvalue weighted by molar-refractivity contribution is -0.122. The molecule has 0 unspecified atom stereocenters. The van der Waals surface area contributed by atoms with Crippen LogP contribution in [0.5, 0.6) is 0 Å². The molecule has 1 aliphatic rings. The molecule has 1 saturated carbocycles. The van der Waals surface area contributed by atoms with Crippen molar-refractivity contribution in [2.75, 3.05) is 0 Å². The molecular formula is C8H14ClNO. The minimum Gasteiger partial charge on any atom is -0.298 e. The molecule has 0 radical (unpaired) electrons. The summed E-state index contributed by atoms with van der Waals surface area (Å²) in [5, 5.41) is 0. The lowest BCUT2D eigenvalue weighted by Gasteiger charge is -2.16. The number of nitrogens with one attached hydrogen (secondary N) is 1. The van der Waals surface area contributed by atoms with Crippen molar-refractivity contribution in [1.29, 1.82) is 0 Å². The fourth-order valence-electron chi connectivity index (χ4n) is 1.13. The summed E-state index contributed by atoms with van der Waals surface area (Å²) < 4.78 is 0. The van der Waals surface area contributed by atoms with Crippen LogP contribution in [0.2, 0.25) is 0 Å². The number of carbonyl (C=O) groups is 1. The van der Waals surface area contributed by atoms with E-state index in [9.17, 15) is 4.79 Å². The minimum absolute atomic E-state index is 0.149. The first-order valence-corrected chi connectivity index (χ1v) is 4.44. The third kappa shape index (κ3) is 2.17. The average Bonchev–Trinajstić information content (AvgIpc) is 2.68. The maximum Gasteiger partial charge on any atom is 0.154 e. The standard InChI is InChI=1S/C8H14ClNO/c1-5(2)7(10-9)8(11)6-3-4-6/h5-7,10H,3-4H2,1-2H3/t7-/m0/s1. The summed E-state index contributed by atoms with van der Waals surface area (Å²) in [6.07, 6.45) is 2.11. The summed E-state index contributed by atoms with van der Waals surface area (Å²) in [5.74, 6) is 0.879. The van der Waals surface area contributed by atoms with Gasteiger partial charge in [-0.05, 0) is 30.5 Å². The first-order chi connectivity index (χ1) is 5.16. The van der Waals surface area contributed by atoms with E-state index in [0.29, 0.717) is 11.8 Å². The average molecular weight is 176 g/mol. The van der Waals surface area contributed by atoms with Crippen molar-refractivity contribution in [1.82, 2.24) is 4.84 Å². The highest BCUT2D eigenvalue weighted by Gasteiger charge is 2.35. The monoisotopic (exact) mass is 175 g/mol. The van der Waals surface area contributed by atoms with Gasteiger partial charge in [0.15, 0.2) is 5.78 Å². The van der Waals surface area contributed by atoms with Gasteiger partial charge in [0.1, 0.15) is 0 Å². The van der Waals surface area contributed by atoms with Gasteiger partial charge >= 0.3 is 0 Å². The fraction of sp³-hybridized carbons (Fsp3) is 0.875. The zero-order chi connectivity index (χ0) is 8.43. The summed E-state index contributed by atoms with van der Waals surface area (Å²) in [6, 6.07) is -0.149. The van der Waals surface area contributed by atoms with E-state index < -0.39 is 0 Å². The van der Waals surface area contributed by atoms with Crippen LogP contribution in [0.1, 0.15) is 26.7 Å². The first kappa shape index (κ1) is 9.01. The molecule has 1 fully saturated rings. The van der Waals surface area contributed by atoms with Gasteiger partial charge in [-0.2, -0.15) is 0 Å². The maximum absolute atomic E-state index is 11.4. The molecule has 0 spiro atoms. The zero-order valence-electron chi connectivity index (χ0n) is 6.93. The molecule has 1 N–H and O–H groups in total. The Hall–Kier alpha value is -0.0800. The molecule has 1 atom stereocenters. The van der Waals surface area contributed by atoms with Crippen LogP contribution in [-0.4, -0.2) is 11.8 Å². The third-order valence-electron chi connectivity index (χ3n) is 2.07. The molecule has 0 heterocycles. The second kappa shape index (κ2) is 3.55. The van der Waals surface area contributed by atoms with Gasteiger partial charge in [0.2, 0.25) is 0 Å². The van der Waals surface area contributed by atoms with E-state index >= 15 is 0 Å². The van der Waals surface area contributed by atoms with Gasteiger partial charge in [-0.25, -0.2) is 4.84 Å². The van der Waals surface area contributed by atoms with Crippen molar-refractivity contribution in [2.24, 2.45) is 11.8 Å². The highest BCUT2D eigenvalue weighted by atomic mass is 35.5. The molecule has 64 valence electrons. The van der Waals surface area contributed by atoms with Crippen molar-refractivity contribution >= 4 is 17.6 Å². The van der Waals surface area contributed by atoms with E-state index in [2.05, 4.69) is 4.84 Å². The van der Waals surface area contributed by atoms with Crippen LogP contribution < -0.4 is 4.84 Å². The molecular weight excluding hydrogens is 162 g/mol. The Morgan fingerprint density at radius 2 is 2.09 bits per heavy atom. The Bertz CT molecular complexity index is 154. The molecule has 0 aromatic carbocycles. The summed E-state index contributed by atoms with van der Waals surface area (Å²) in [6.45, 7) is 4.00. The number of Topliss-reactive ketones (excluding diaryl/α,β-unsaturated/α-hetero) is 1. The Morgan fingerprint density at radius 1 is 1.55 bits per heavy atom. The quantitative estimate of drug-likeness (QED) is 0.660. The molecule has 0 aromatic heterocycles. The van der Waals surface area contributed by atoms with Gasteiger partial charge in [0.05, 0.1) is 6.04 Å². The highest BCUT2D eigenvalue weighted by molar-refractivity contribution is 6.15. The van der Waals surface area contributed by atoms with Crippen LogP contribution in [-0.2, 0) is 4.79 Å². The van der Waals surface area contributed by atoms with E-state index in [0.717, 1.165) is 12.8 Å². The van der Waals surface area contributed by atoms with Crippen LogP contribution in [0.15, 0.2) is 0 Å². The predicted octanol–water partition coefficient (Wildman–Crippen LogP) is 1.73. The number of hydrogen-bond donors (Lipinski definition) is 1. The number of halogens is 1. The van der Waals surface area contributed by atoms with Crippen LogP contribution in [0.25, 0.3) is 0 Å². The molecule has 0 bridgehead atoms. The fourth-order valence-corrected chi connectivity index (χ4v) is 1.49. The Kier molecular flexibility index (Phi) is 2.90. The van der Waals surface area contributed by atoms with Gasteiger partial charge in [0, 0.05) is 5.92 Å². The van der Waals surface area contributed by atoms with Crippen LogP contribution >= 0.6 is 11.8 Å². The molecule has 0 aromatic rings. The first-order valence-electron chi connectivity index (χ1n) is 4.06. The normalized spacial score (nSPS) is 20.4. The van der Waals surface area contributed by atoms with Gasteiger partial charge < -0.3 is 0 Å². The SMILES string of the molecule is CC(C)[C@H](NCl)C(=O)C1CC1. The van der Waals surface area contributed by atoms with Gasteiger partial charge in [-0.3, -0.25) is 4.79 Å². The minimum atomic E-state index is -0.149. The lowest BCUT2D eigenvalue weighted by Crippen LogP contribution is -2.36.